The van der Waals surface area contributed by atoms with Crippen molar-refractivity contribution in [1.82, 2.24) is 9.78 Å². The minimum atomic E-state index is 0.468. The molecule has 0 amide bonds. The van der Waals surface area contributed by atoms with Crippen molar-refractivity contribution < 1.29 is 0 Å². The van der Waals surface area contributed by atoms with Crippen LogP contribution in [0.4, 0.5) is 0 Å². The van der Waals surface area contributed by atoms with Crippen LogP contribution in [-0.4, -0.2) is 14.1 Å². The first-order valence-corrected chi connectivity index (χ1v) is 2.89. The maximum absolute atomic E-state index is 4.68. The smallest absolute Gasteiger partial charge is 0.158 e. The minimum absolute atomic E-state index is 0.468. The lowest BCUT2D eigenvalue weighted by atomic mass is 10.8. The van der Waals surface area contributed by atoms with Gasteiger partial charge < -0.3 is 0 Å². The summed E-state index contributed by atoms with van der Waals surface area (Å²) in [5, 5.41) is 3.81. The van der Waals surface area contributed by atoms with Crippen LogP contribution in [0.25, 0.3) is 0 Å². The predicted octanol–water partition coefficient (Wildman–Crippen LogP) is 0.946. The maximum atomic E-state index is 4.68. The summed E-state index contributed by atoms with van der Waals surface area (Å²) in [5.74, 6) is 0. The molecule has 0 aliphatic rings. The molecule has 0 bridgehead atoms. The molecule has 1 heterocycles. The van der Waals surface area contributed by atoms with E-state index >= 15 is 0 Å². The Labute approximate surface area is 57.9 Å². The van der Waals surface area contributed by atoms with Gasteiger partial charge in [0.1, 0.15) is 0 Å². The monoisotopic (exact) mass is 144 g/mol. The van der Waals surface area contributed by atoms with Crippen LogP contribution in [0.3, 0.4) is 0 Å². The van der Waals surface area contributed by atoms with Crippen LogP contribution < -0.4 is 0 Å². The van der Waals surface area contributed by atoms with E-state index in [0.29, 0.717) is 4.32 Å². The average molecular weight is 144 g/mol. The molecule has 0 radical (unpaired) electrons. The molecular formula is C4H4N2S2. The molecule has 0 aromatic carbocycles. The van der Waals surface area contributed by atoms with Crippen molar-refractivity contribution in [3.05, 3.63) is 18.5 Å². The first kappa shape index (κ1) is 5.78. The summed E-state index contributed by atoms with van der Waals surface area (Å²) >= 11 is 8.57. The molecule has 0 unspecified atom stereocenters. The molecule has 0 atom stereocenters. The van der Waals surface area contributed by atoms with E-state index in [4.69, 9.17) is 0 Å². The van der Waals surface area contributed by atoms with Crippen LogP contribution in [-0.2, 0) is 0 Å². The third-order valence-corrected chi connectivity index (χ3v) is 1.09. The molecule has 0 N–H and O–H groups in total. The third kappa shape index (κ3) is 1.08. The van der Waals surface area contributed by atoms with Crippen LogP contribution in [0.1, 0.15) is 0 Å². The number of nitrogens with zero attached hydrogens (tertiary/aromatic N) is 2. The molecule has 42 valence electrons. The highest BCUT2D eigenvalue weighted by atomic mass is 32.1. The first-order valence-electron chi connectivity index (χ1n) is 2.03. The molecule has 4 heteroatoms. The van der Waals surface area contributed by atoms with E-state index in [1.807, 2.05) is 0 Å². The van der Waals surface area contributed by atoms with Crippen molar-refractivity contribution in [2.45, 2.75) is 0 Å². The third-order valence-electron chi connectivity index (χ3n) is 0.700. The minimum Gasteiger partial charge on any atom is -0.224 e. The van der Waals surface area contributed by atoms with Crippen LogP contribution in [0.15, 0.2) is 18.5 Å². The summed E-state index contributed by atoms with van der Waals surface area (Å²) < 4.78 is 1.98. The second-order valence-corrected chi connectivity index (χ2v) is 2.35. The highest BCUT2D eigenvalue weighted by molar-refractivity contribution is 8.11. The molecule has 2 nitrogen and oxygen atoms in total. The number of thiol groups is 1. The van der Waals surface area contributed by atoms with Gasteiger partial charge in [-0.25, -0.2) is 4.68 Å². The van der Waals surface area contributed by atoms with Crippen LogP contribution in [0, 0.1) is 0 Å². The van der Waals surface area contributed by atoms with Gasteiger partial charge in [0, 0.05) is 12.4 Å². The Morgan fingerprint density at radius 1 is 1.75 bits per heavy atom. The van der Waals surface area contributed by atoms with Crippen molar-refractivity contribution in [2.24, 2.45) is 0 Å². The van der Waals surface area contributed by atoms with Gasteiger partial charge in [-0.15, -0.1) is 12.6 Å². The van der Waals surface area contributed by atoms with Gasteiger partial charge in [-0.1, -0.05) is 12.2 Å². The van der Waals surface area contributed by atoms with Crippen LogP contribution in [0.2, 0.25) is 0 Å². The van der Waals surface area contributed by atoms with Gasteiger partial charge in [-0.2, -0.15) is 5.10 Å². The lowest BCUT2D eigenvalue weighted by Gasteiger charge is -1.89. The van der Waals surface area contributed by atoms with Crippen molar-refractivity contribution >= 4 is 29.2 Å². The van der Waals surface area contributed by atoms with E-state index < -0.39 is 0 Å². The molecule has 0 aliphatic carbocycles. The lowest BCUT2D eigenvalue weighted by Crippen LogP contribution is -2.00. The van der Waals surface area contributed by atoms with E-state index in [0.717, 1.165) is 0 Å². The zero-order valence-electron chi connectivity index (χ0n) is 3.98. The molecule has 0 aliphatic heterocycles. The number of rotatable bonds is 0. The summed E-state index contributed by atoms with van der Waals surface area (Å²) in [6.45, 7) is 0. The fourth-order valence-electron chi connectivity index (χ4n) is 0.382. The Morgan fingerprint density at radius 2 is 2.50 bits per heavy atom. The summed E-state index contributed by atoms with van der Waals surface area (Å²) in [6, 6.07) is 1.79. The van der Waals surface area contributed by atoms with E-state index in [1.165, 1.54) is 4.68 Å². The summed E-state index contributed by atoms with van der Waals surface area (Å²) in [6.07, 6.45) is 3.40. The Balaban J connectivity index is 2.93. The Bertz CT molecular complexity index is 180. The second-order valence-electron chi connectivity index (χ2n) is 1.23. The van der Waals surface area contributed by atoms with E-state index in [2.05, 4.69) is 29.9 Å². The largest absolute Gasteiger partial charge is 0.224 e. The predicted molar refractivity (Wildman–Crippen MR) is 39.2 cm³/mol. The van der Waals surface area contributed by atoms with E-state index in [9.17, 15) is 0 Å². The molecule has 8 heavy (non-hydrogen) atoms. The first-order chi connectivity index (χ1) is 3.80. The second kappa shape index (κ2) is 2.28. The average Bonchev–Trinajstić information content (AvgIpc) is 2.12. The van der Waals surface area contributed by atoms with Crippen molar-refractivity contribution in [3.8, 4) is 0 Å². The van der Waals surface area contributed by atoms with Gasteiger partial charge in [-0.05, 0) is 6.07 Å². The molecule has 0 saturated carbocycles. The molecule has 0 spiro atoms. The molecule has 1 aromatic rings. The zero-order valence-corrected chi connectivity index (χ0v) is 5.69. The fourth-order valence-corrected chi connectivity index (χ4v) is 0.608. The van der Waals surface area contributed by atoms with Gasteiger partial charge in [0.15, 0.2) is 4.32 Å². The molecular weight excluding hydrogens is 140 g/mol. The molecule has 1 aromatic heterocycles. The van der Waals surface area contributed by atoms with Crippen molar-refractivity contribution in [1.29, 1.82) is 0 Å². The number of aromatic nitrogens is 2. The number of hydrogen-bond donors (Lipinski definition) is 1. The van der Waals surface area contributed by atoms with Gasteiger partial charge in [0.05, 0.1) is 0 Å². The van der Waals surface area contributed by atoms with Gasteiger partial charge in [0.25, 0.3) is 0 Å². The molecule has 0 fully saturated rings. The Kier molecular flexibility index (Phi) is 1.65. The highest BCUT2D eigenvalue weighted by Crippen LogP contribution is 1.88. The summed E-state index contributed by atoms with van der Waals surface area (Å²) in [4.78, 5) is 0. The van der Waals surface area contributed by atoms with Gasteiger partial charge in [0.2, 0.25) is 0 Å². The SMILES string of the molecule is S=C(S)n1cccn1. The standard InChI is InChI=1S/C4H4N2S2/c7-4(8)6-3-1-2-5-6/h1-3H,(H,7,8). The zero-order chi connectivity index (χ0) is 5.98. The number of hydrogen-bond acceptors (Lipinski definition) is 2. The lowest BCUT2D eigenvalue weighted by molar-refractivity contribution is 0.965. The van der Waals surface area contributed by atoms with Gasteiger partial charge in [-0.3, -0.25) is 0 Å². The van der Waals surface area contributed by atoms with Gasteiger partial charge >= 0.3 is 0 Å². The van der Waals surface area contributed by atoms with Crippen LogP contribution >= 0.6 is 24.8 Å². The summed E-state index contributed by atoms with van der Waals surface area (Å²) in [5.41, 5.74) is 0. The Hall–Kier alpha value is -0.350. The Morgan fingerprint density at radius 3 is 2.75 bits per heavy atom. The molecule has 1 rings (SSSR count). The van der Waals surface area contributed by atoms with Crippen molar-refractivity contribution in [2.75, 3.05) is 0 Å². The van der Waals surface area contributed by atoms with E-state index in [-0.39, 0.29) is 0 Å². The normalized spacial score (nSPS) is 9.12. The quantitative estimate of drug-likeness (QED) is 0.431. The topological polar surface area (TPSA) is 17.8 Å². The maximum Gasteiger partial charge on any atom is 0.158 e. The van der Waals surface area contributed by atoms with Crippen molar-refractivity contribution in [3.63, 3.8) is 0 Å². The van der Waals surface area contributed by atoms with Crippen LogP contribution in [0.5, 0.6) is 0 Å². The molecule has 0 saturated heterocycles. The van der Waals surface area contributed by atoms with E-state index in [1.54, 1.807) is 18.5 Å². The fraction of sp³-hybridized carbons (Fsp3) is 0. The summed E-state index contributed by atoms with van der Waals surface area (Å²) in [7, 11) is 0. The highest BCUT2D eigenvalue weighted by Gasteiger charge is 1.87. The number of thiocarbonyl (C=S) groups is 1.